The van der Waals surface area contributed by atoms with Crippen LogP contribution in [0.5, 0.6) is 0 Å². The topological polar surface area (TPSA) is 58.2 Å². The second-order valence-electron chi connectivity index (χ2n) is 2.55. The van der Waals surface area contributed by atoms with E-state index in [1.807, 2.05) is 6.92 Å². The predicted molar refractivity (Wildman–Crippen MR) is 39.8 cm³/mol. The SMILES string of the molecule is CCNC(=O)[C@H]1CCC(=O)N1. The molecule has 1 atom stereocenters. The van der Waals surface area contributed by atoms with Crippen LogP contribution in [0, 0.1) is 0 Å². The van der Waals surface area contributed by atoms with Crippen LogP contribution in [-0.2, 0) is 9.59 Å². The molecule has 62 valence electrons. The van der Waals surface area contributed by atoms with Crippen molar-refractivity contribution in [1.29, 1.82) is 0 Å². The minimum atomic E-state index is -0.289. The molecule has 2 N–H and O–H groups in total. The highest BCUT2D eigenvalue weighted by Gasteiger charge is 2.26. The van der Waals surface area contributed by atoms with Crippen molar-refractivity contribution in [2.24, 2.45) is 0 Å². The third kappa shape index (κ3) is 1.93. The maximum Gasteiger partial charge on any atom is 0.242 e. The molecule has 0 radical (unpaired) electrons. The highest BCUT2D eigenvalue weighted by atomic mass is 16.2. The van der Waals surface area contributed by atoms with Crippen LogP contribution in [0.2, 0.25) is 0 Å². The van der Waals surface area contributed by atoms with Crippen LogP contribution < -0.4 is 10.6 Å². The highest BCUT2D eigenvalue weighted by Crippen LogP contribution is 2.05. The van der Waals surface area contributed by atoms with Gasteiger partial charge in [-0.25, -0.2) is 0 Å². The van der Waals surface area contributed by atoms with Crippen molar-refractivity contribution in [2.75, 3.05) is 6.54 Å². The van der Waals surface area contributed by atoms with Gasteiger partial charge in [0.2, 0.25) is 11.8 Å². The Morgan fingerprint density at radius 2 is 2.55 bits per heavy atom. The van der Waals surface area contributed by atoms with Crippen LogP contribution in [0.4, 0.5) is 0 Å². The Morgan fingerprint density at radius 3 is 3.00 bits per heavy atom. The smallest absolute Gasteiger partial charge is 0.242 e. The van der Waals surface area contributed by atoms with Gasteiger partial charge in [-0.05, 0) is 13.3 Å². The molecule has 4 nitrogen and oxygen atoms in total. The van der Waals surface area contributed by atoms with E-state index in [1.165, 1.54) is 0 Å². The Bertz CT molecular complexity index is 179. The van der Waals surface area contributed by atoms with Gasteiger partial charge in [0.1, 0.15) is 6.04 Å². The minimum absolute atomic E-state index is 0.0266. The van der Waals surface area contributed by atoms with Gasteiger partial charge in [-0.1, -0.05) is 0 Å². The van der Waals surface area contributed by atoms with Gasteiger partial charge in [0.25, 0.3) is 0 Å². The van der Waals surface area contributed by atoms with Gasteiger partial charge in [-0.15, -0.1) is 0 Å². The minimum Gasteiger partial charge on any atom is -0.355 e. The lowest BCUT2D eigenvalue weighted by atomic mass is 10.2. The molecular formula is C7H12N2O2. The van der Waals surface area contributed by atoms with Crippen LogP contribution in [0.3, 0.4) is 0 Å². The van der Waals surface area contributed by atoms with E-state index in [4.69, 9.17) is 0 Å². The lowest BCUT2D eigenvalue weighted by Crippen LogP contribution is -2.41. The van der Waals surface area contributed by atoms with E-state index in [9.17, 15) is 9.59 Å². The second-order valence-corrected chi connectivity index (χ2v) is 2.55. The molecule has 0 bridgehead atoms. The molecule has 11 heavy (non-hydrogen) atoms. The fourth-order valence-electron chi connectivity index (χ4n) is 1.11. The molecule has 1 heterocycles. The van der Waals surface area contributed by atoms with Gasteiger partial charge in [0.15, 0.2) is 0 Å². The molecule has 0 unspecified atom stereocenters. The van der Waals surface area contributed by atoms with E-state index in [2.05, 4.69) is 10.6 Å². The Kier molecular flexibility index (Phi) is 2.46. The summed E-state index contributed by atoms with van der Waals surface area (Å²) >= 11 is 0. The summed E-state index contributed by atoms with van der Waals surface area (Å²) < 4.78 is 0. The average Bonchev–Trinajstić information content (AvgIpc) is 2.36. The predicted octanol–water partition coefficient (Wildman–Crippen LogP) is -0.599. The van der Waals surface area contributed by atoms with Gasteiger partial charge < -0.3 is 10.6 Å². The van der Waals surface area contributed by atoms with Crippen molar-refractivity contribution in [3.63, 3.8) is 0 Å². The summed E-state index contributed by atoms with van der Waals surface area (Å²) in [6.07, 6.45) is 1.10. The van der Waals surface area contributed by atoms with Crippen LogP contribution in [0.1, 0.15) is 19.8 Å². The average molecular weight is 156 g/mol. The summed E-state index contributed by atoms with van der Waals surface area (Å²) in [4.78, 5) is 21.7. The molecule has 0 spiro atoms. The van der Waals surface area contributed by atoms with Gasteiger partial charge in [-0.2, -0.15) is 0 Å². The number of hydrogen-bond donors (Lipinski definition) is 2. The first kappa shape index (κ1) is 8.04. The first-order valence-electron chi connectivity index (χ1n) is 3.81. The zero-order valence-electron chi connectivity index (χ0n) is 6.52. The molecule has 2 amide bonds. The number of nitrogens with one attached hydrogen (secondary N) is 2. The van der Waals surface area contributed by atoms with Crippen molar-refractivity contribution in [3.8, 4) is 0 Å². The van der Waals surface area contributed by atoms with Crippen molar-refractivity contribution >= 4 is 11.8 Å². The van der Waals surface area contributed by atoms with Crippen molar-refractivity contribution < 1.29 is 9.59 Å². The molecular weight excluding hydrogens is 144 g/mol. The molecule has 0 aliphatic carbocycles. The number of amides is 2. The largest absolute Gasteiger partial charge is 0.355 e. The van der Waals surface area contributed by atoms with Crippen molar-refractivity contribution in [3.05, 3.63) is 0 Å². The number of carbonyl (C=O) groups is 2. The second kappa shape index (κ2) is 3.37. The summed E-state index contributed by atoms with van der Waals surface area (Å²) in [6, 6.07) is -0.289. The van der Waals surface area contributed by atoms with E-state index in [-0.39, 0.29) is 17.9 Å². The van der Waals surface area contributed by atoms with Crippen LogP contribution in [-0.4, -0.2) is 24.4 Å². The normalized spacial score (nSPS) is 23.0. The zero-order chi connectivity index (χ0) is 8.27. The number of rotatable bonds is 2. The zero-order valence-corrected chi connectivity index (χ0v) is 6.52. The Hall–Kier alpha value is -1.06. The Balaban J connectivity index is 2.37. The summed E-state index contributed by atoms with van der Waals surface area (Å²) in [5.74, 6) is -0.0976. The summed E-state index contributed by atoms with van der Waals surface area (Å²) in [5.41, 5.74) is 0. The van der Waals surface area contributed by atoms with Gasteiger partial charge in [-0.3, -0.25) is 9.59 Å². The van der Waals surface area contributed by atoms with Crippen LogP contribution in [0.15, 0.2) is 0 Å². The van der Waals surface area contributed by atoms with Gasteiger partial charge >= 0.3 is 0 Å². The first-order valence-corrected chi connectivity index (χ1v) is 3.81. The Morgan fingerprint density at radius 1 is 1.82 bits per heavy atom. The third-order valence-corrected chi connectivity index (χ3v) is 1.66. The standard InChI is InChI=1S/C7H12N2O2/c1-2-8-7(11)5-3-4-6(10)9-5/h5H,2-4H2,1H3,(H,8,11)(H,9,10)/t5-/m1/s1. The van der Waals surface area contributed by atoms with E-state index in [0.717, 1.165) is 0 Å². The molecule has 0 aromatic rings. The van der Waals surface area contributed by atoms with Gasteiger partial charge in [0.05, 0.1) is 0 Å². The molecule has 1 rings (SSSR count). The van der Waals surface area contributed by atoms with E-state index >= 15 is 0 Å². The number of carbonyl (C=O) groups excluding carboxylic acids is 2. The third-order valence-electron chi connectivity index (χ3n) is 1.66. The molecule has 0 saturated carbocycles. The highest BCUT2D eigenvalue weighted by molar-refractivity contribution is 5.90. The molecule has 1 aliphatic rings. The fourth-order valence-corrected chi connectivity index (χ4v) is 1.11. The molecule has 1 saturated heterocycles. The monoisotopic (exact) mass is 156 g/mol. The number of likely N-dealkylation sites (N-methyl/N-ethyl adjacent to an activating group) is 1. The summed E-state index contributed by atoms with van der Waals surface area (Å²) in [7, 11) is 0. The summed E-state index contributed by atoms with van der Waals surface area (Å²) in [5, 5.41) is 5.24. The fraction of sp³-hybridized carbons (Fsp3) is 0.714. The quantitative estimate of drug-likeness (QED) is 0.561. The maximum atomic E-state index is 11.1. The van der Waals surface area contributed by atoms with Crippen molar-refractivity contribution in [1.82, 2.24) is 10.6 Å². The van der Waals surface area contributed by atoms with Crippen LogP contribution in [0.25, 0.3) is 0 Å². The molecule has 0 aromatic carbocycles. The molecule has 1 aliphatic heterocycles. The van der Waals surface area contributed by atoms with Crippen molar-refractivity contribution in [2.45, 2.75) is 25.8 Å². The lowest BCUT2D eigenvalue weighted by Gasteiger charge is -2.08. The maximum absolute atomic E-state index is 11.1. The molecule has 0 aromatic heterocycles. The van der Waals surface area contributed by atoms with E-state index in [1.54, 1.807) is 0 Å². The lowest BCUT2D eigenvalue weighted by molar-refractivity contribution is -0.125. The summed E-state index contributed by atoms with van der Waals surface area (Å²) in [6.45, 7) is 2.47. The van der Waals surface area contributed by atoms with E-state index < -0.39 is 0 Å². The number of hydrogen-bond acceptors (Lipinski definition) is 2. The Labute approximate surface area is 65.3 Å². The van der Waals surface area contributed by atoms with Gasteiger partial charge in [0, 0.05) is 13.0 Å². The first-order chi connectivity index (χ1) is 5.24. The van der Waals surface area contributed by atoms with E-state index in [0.29, 0.717) is 19.4 Å². The van der Waals surface area contributed by atoms with Crippen LogP contribution >= 0.6 is 0 Å². The molecule has 4 heteroatoms. The molecule has 1 fully saturated rings.